The Hall–Kier alpha value is -3.97. The summed E-state index contributed by atoms with van der Waals surface area (Å²) in [5.41, 5.74) is 1.89. The van der Waals surface area contributed by atoms with Crippen LogP contribution >= 0.6 is 0 Å². The normalized spacial score (nSPS) is 9.84. The van der Waals surface area contributed by atoms with E-state index in [1.165, 1.54) is 6.20 Å². The highest BCUT2D eigenvalue weighted by Gasteiger charge is 2.14. The van der Waals surface area contributed by atoms with Gasteiger partial charge >= 0.3 is 0 Å². The molecule has 0 atom stereocenters. The van der Waals surface area contributed by atoms with E-state index in [1.54, 1.807) is 36.4 Å². The second-order valence-electron chi connectivity index (χ2n) is 4.92. The van der Waals surface area contributed by atoms with Crippen molar-refractivity contribution in [1.82, 2.24) is 15.1 Å². The molecule has 3 rings (SSSR count). The Morgan fingerprint density at radius 3 is 2.68 bits per heavy atom. The zero-order chi connectivity index (χ0) is 17.6. The van der Waals surface area contributed by atoms with Crippen molar-refractivity contribution >= 4 is 0 Å². The Labute approximate surface area is 143 Å². The molecule has 0 aliphatic heterocycles. The third-order valence-corrected chi connectivity index (χ3v) is 3.20. The van der Waals surface area contributed by atoms with Crippen LogP contribution in [-0.2, 0) is 0 Å². The molecule has 0 radical (unpaired) electrons. The van der Waals surface area contributed by atoms with Gasteiger partial charge in [0.15, 0.2) is 0 Å². The van der Waals surface area contributed by atoms with Crippen LogP contribution in [0.15, 0.2) is 53.7 Å². The summed E-state index contributed by atoms with van der Waals surface area (Å²) in [4.78, 5) is 8.42. The summed E-state index contributed by atoms with van der Waals surface area (Å²) >= 11 is 0. The fourth-order valence-electron chi connectivity index (χ4n) is 2.06. The first-order chi connectivity index (χ1) is 12.2. The molecule has 0 fully saturated rings. The van der Waals surface area contributed by atoms with Gasteiger partial charge in [-0.1, -0.05) is 17.8 Å². The highest BCUT2D eigenvalue weighted by molar-refractivity contribution is 5.62. The van der Waals surface area contributed by atoms with Crippen molar-refractivity contribution in [2.75, 3.05) is 6.61 Å². The topological polar surface area (TPSA) is 109 Å². The molecule has 0 aliphatic carbocycles. The van der Waals surface area contributed by atoms with Crippen LogP contribution in [0.1, 0.15) is 11.1 Å². The summed E-state index contributed by atoms with van der Waals surface area (Å²) in [6.45, 7) is 3.91. The second-order valence-corrected chi connectivity index (χ2v) is 4.92. The number of nitrogens with zero attached hydrogens (tertiary/aromatic N) is 5. The molecular weight excluding hydrogens is 318 g/mol. The quantitative estimate of drug-likeness (QED) is 0.661. The fourth-order valence-corrected chi connectivity index (χ4v) is 2.06. The van der Waals surface area contributed by atoms with Crippen LogP contribution in [-0.4, -0.2) is 21.7 Å². The standard InChI is InChI=1S/C18H11N5O2/c1-2-5-24-15-7-13(10-20)6-14(8-15)18-22-17(23-25-18)16-4-3-12(9-19)11-21-16/h2-4,6-8,11H,1,5H2. The highest BCUT2D eigenvalue weighted by Crippen LogP contribution is 2.26. The third-order valence-electron chi connectivity index (χ3n) is 3.20. The predicted molar refractivity (Wildman–Crippen MR) is 88.1 cm³/mol. The van der Waals surface area contributed by atoms with Gasteiger partial charge in [0.05, 0.1) is 17.2 Å². The molecule has 1 aromatic carbocycles. The lowest BCUT2D eigenvalue weighted by Gasteiger charge is -2.05. The minimum atomic E-state index is 0.238. The minimum Gasteiger partial charge on any atom is -0.489 e. The van der Waals surface area contributed by atoms with Gasteiger partial charge < -0.3 is 9.26 Å². The smallest absolute Gasteiger partial charge is 0.258 e. The van der Waals surface area contributed by atoms with E-state index < -0.39 is 0 Å². The lowest BCUT2D eigenvalue weighted by atomic mass is 10.1. The Kier molecular flexibility index (Phi) is 4.50. The molecule has 0 saturated carbocycles. The van der Waals surface area contributed by atoms with Crippen LogP contribution in [0.5, 0.6) is 5.75 Å². The van der Waals surface area contributed by atoms with Crippen molar-refractivity contribution in [1.29, 1.82) is 10.5 Å². The van der Waals surface area contributed by atoms with Gasteiger partial charge in [0.25, 0.3) is 5.89 Å². The fraction of sp³-hybridized carbons (Fsp3) is 0.0556. The summed E-state index contributed by atoms with van der Waals surface area (Å²) < 4.78 is 10.7. The van der Waals surface area contributed by atoms with Gasteiger partial charge in [0.1, 0.15) is 24.1 Å². The summed E-state index contributed by atoms with van der Waals surface area (Å²) in [6, 6.07) is 12.3. The van der Waals surface area contributed by atoms with E-state index in [0.29, 0.717) is 34.7 Å². The second kappa shape index (κ2) is 7.07. The molecule has 120 valence electrons. The third kappa shape index (κ3) is 3.52. The zero-order valence-corrected chi connectivity index (χ0v) is 13.0. The molecule has 0 amide bonds. The average molecular weight is 329 g/mol. The van der Waals surface area contributed by atoms with Crippen molar-refractivity contribution < 1.29 is 9.26 Å². The molecule has 7 heteroatoms. The maximum Gasteiger partial charge on any atom is 0.258 e. The van der Waals surface area contributed by atoms with Gasteiger partial charge in [-0.25, -0.2) is 0 Å². The van der Waals surface area contributed by atoms with Gasteiger partial charge in [-0.3, -0.25) is 4.98 Å². The summed E-state index contributed by atoms with van der Waals surface area (Å²) in [5, 5.41) is 21.9. The van der Waals surface area contributed by atoms with E-state index in [0.717, 1.165) is 0 Å². The predicted octanol–water partition coefficient (Wildman–Crippen LogP) is 3.11. The Morgan fingerprint density at radius 1 is 1.16 bits per heavy atom. The lowest BCUT2D eigenvalue weighted by Crippen LogP contribution is -1.94. The van der Waals surface area contributed by atoms with E-state index in [2.05, 4.69) is 27.8 Å². The SMILES string of the molecule is C=CCOc1cc(C#N)cc(-c2nc(-c3ccc(C#N)cn3)no2)c1. The van der Waals surface area contributed by atoms with Crippen LogP contribution < -0.4 is 4.74 Å². The molecule has 25 heavy (non-hydrogen) atoms. The van der Waals surface area contributed by atoms with E-state index >= 15 is 0 Å². The molecule has 2 aromatic heterocycles. The number of ether oxygens (including phenoxy) is 1. The largest absolute Gasteiger partial charge is 0.489 e. The summed E-state index contributed by atoms with van der Waals surface area (Å²) in [7, 11) is 0. The lowest BCUT2D eigenvalue weighted by molar-refractivity contribution is 0.363. The molecular formula is C18H11N5O2. The van der Waals surface area contributed by atoms with Crippen LogP contribution in [0.4, 0.5) is 0 Å². The highest BCUT2D eigenvalue weighted by atomic mass is 16.5. The van der Waals surface area contributed by atoms with Crippen molar-refractivity contribution in [3.05, 3.63) is 60.3 Å². The summed E-state index contributed by atoms with van der Waals surface area (Å²) in [5.74, 6) is 1.03. The molecule has 0 N–H and O–H groups in total. The van der Waals surface area contributed by atoms with Crippen LogP contribution in [0, 0.1) is 22.7 Å². The van der Waals surface area contributed by atoms with E-state index in [1.807, 2.05) is 6.07 Å². The maximum atomic E-state index is 9.16. The van der Waals surface area contributed by atoms with Crippen molar-refractivity contribution in [3.63, 3.8) is 0 Å². The number of nitriles is 2. The van der Waals surface area contributed by atoms with Crippen molar-refractivity contribution in [3.8, 4) is 40.9 Å². The van der Waals surface area contributed by atoms with Gasteiger partial charge in [-0.15, -0.1) is 0 Å². The Morgan fingerprint density at radius 2 is 2.00 bits per heavy atom. The zero-order valence-electron chi connectivity index (χ0n) is 13.0. The molecule has 3 aromatic rings. The van der Waals surface area contributed by atoms with Crippen molar-refractivity contribution in [2.45, 2.75) is 0 Å². The van der Waals surface area contributed by atoms with Crippen LogP contribution in [0.25, 0.3) is 23.0 Å². The first-order valence-corrected chi connectivity index (χ1v) is 7.23. The number of hydrogen-bond donors (Lipinski definition) is 0. The molecule has 2 heterocycles. The monoisotopic (exact) mass is 329 g/mol. The molecule has 7 nitrogen and oxygen atoms in total. The first-order valence-electron chi connectivity index (χ1n) is 7.23. The molecule has 0 bridgehead atoms. The first kappa shape index (κ1) is 15.9. The van der Waals surface area contributed by atoms with Gasteiger partial charge in [0.2, 0.25) is 5.82 Å². The Bertz CT molecular complexity index is 994. The maximum absolute atomic E-state index is 9.16. The molecule has 0 spiro atoms. The number of pyridine rings is 1. The molecule has 0 unspecified atom stereocenters. The van der Waals surface area contributed by atoms with Crippen LogP contribution in [0.2, 0.25) is 0 Å². The van der Waals surface area contributed by atoms with Crippen molar-refractivity contribution in [2.24, 2.45) is 0 Å². The number of rotatable bonds is 5. The number of aromatic nitrogens is 3. The molecule has 0 aliphatic rings. The van der Waals surface area contributed by atoms with Gasteiger partial charge in [-0.05, 0) is 30.3 Å². The molecule has 0 saturated heterocycles. The number of benzene rings is 1. The summed E-state index contributed by atoms with van der Waals surface area (Å²) in [6.07, 6.45) is 3.04. The van der Waals surface area contributed by atoms with E-state index in [4.69, 9.17) is 19.8 Å². The average Bonchev–Trinajstić information content (AvgIpc) is 3.16. The Balaban J connectivity index is 1.94. The number of hydrogen-bond acceptors (Lipinski definition) is 7. The van der Waals surface area contributed by atoms with Gasteiger partial charge in [-0.2, -0.15) is 15.5 Å². The minimum absolute atomic E-state index is 0.238. The van der Waals surface area contributed by atoms with E-state index in [9.17, 15) is 0 Å². The van der Waals surface area contributed by atoms with E-state index in [-0.39, 0.29) is 11.7 Å². The van der Waals surface area contributed by atoms with Gasteiger partial charge in [0, 0.05) is 11.8 Å². The van der Waals surface area contributed by atoms with Crippen LogP contribution in [0.3, 0.4) is 0 Å².